The maximum absolute atomic E-state index is 12.7. The van der Waals surface area contributed by atoms with Gasteiger partial charge in [-0.15, -0.1) is 0 Å². The number of sulfonamides is 1. The summed E-state index contributed by atoms with van der Waals surface area (Å²) in [6.45, 7) is 6.17. The van der Waals surface area contributed by atoms with Gasteiger partial charge in [0.15, 0.2) is 0 Å². The molecule has 1 aromatic carbocycles. The Bertz CT molecular complexity index is 752. The highest BCUT2D eigenvalue weighted by Crippen LogP contribution is 2.25. The van der Waals surface area contributed by atoms with Crippen LogP contribution in [0.2, 0.25) is 0 Å². The summed E-state index contributed by atoms with van der Waals surface area (Å²) < 4.78 is 32.0. The second-order valence-electron chi connectivity index (χ2n) is 7.79. The average molecular weight is 410 g/mol. The lowest BCUT2D eigenvalue weighted by Crippen LogP contribution is -2.43. The van der Waals surface area contributed by atoms with Gasteiger partial charge in [0.25, 0.3) is 0 Å². The summed E-state index contributed by atoms with van der Waals surface area (Å²) in [4.78, 5) is 15.0. The van der Waals surface area contributed by atoms with Gasteiger partial charge < -0.3 is 10.1 Å². The molecule has 0 bridgehead atoms. The molecular weight excluding hydrogens is 378 g/mol. The fourth-order valence-corrected chi connectivity index (χ4v) is 5.39. The van der Waals surface area contributed by atoms with Gasteiger partial charge in [-0.25, -0.2) is 8.42 Å². The van der Waals surface area contributed by atoms with E-state index in [1.165, 1.54) is 17.1 Å². The lowest BCUT2D eigenvalue weighted by atomic mass is 10.1. The van der Waals surface area contributed by atoms with E-state index in [0.29, 0.717) is 50.6 Å². The molecule has 1 aromatic rings. The summed E-state index contributed by atoms with van der Waals surface area (Å²) in [7, 11) is -3.52. The Balaban J connectivity index is 1.61. The van der Waals surface area contributed by atoms with Crippen LogP contribution < -0.4 is 5.32 Å². The van der Waals surface area contributed by atoms with Crippen LogP contribution in [-0.4, -0.2) is 68.5 Å². The first-order valence-electron chi connectivity index (χ1n) is 10.1. The third-order valence-electron chi connectivity index (χ3n) is 5.53. The van der Waals surface area contributed by atoms with E-state index in [9.17, 15) is 13.2 Å². The molecule has 1 amide bonds. The number of carbonyl (C=O) groups excluding carboxylic acids is 1. The highest BCUT2D eigenvalue weighted by molar-refractivity contribution is 7.89. The highest BCUT2D eigenvalue weighted by atomic mass is 32.2. The number of anilines is 1. The molecule has 0 spiro atoms. The molecule has 0 radical (unpaired) electrons. The van der Waals surface area contributed by atoms with E-state index in [2.05, 4.69) is 24.1 Å². The number of ether oxygens (including phenoxy) is 1. The van der Waals surface area contributed by atoms with Crippen molar-refractivity contribution in [2.75, 3.05) is 38.2 Å². The maximum Gasteiger partial charge on any atom is 0.243 e. The number of nitrogens with zero attached hydrogens (tertiary/aromatic N) is 2. The van der Waals surface area contributed by atoms with Crippen molar-refractivity contribution in [3.8, 4) is 0 Å². The molecule has 1 heterocycles. The topological polar surface area (TPSA) is 79.0 Å². The molecular formula is C20H31N3O4S. The second-order valence-corrected chi connectivity index (χ2v) is 9.73. The van der Waals surface area contributed by atoms with Crippen LogP contribution in [0.1, 0.15) is 39.5 Å². The van der Waals surface area contributed by atoms with Gasteiger partial charge in [0.1, 0.15) is 0 Å². The van der Waals surface area contributed by atoms with Crippen LogP contribution in [0.4, 0.5) is 5.69 Å². The van der Waals surface area contributed by atoms with Gasteiger partial charge >= 0.3 is 0 Å². The Hall–Kier alpha value is -1.48. The van der Waals surface area contributed by atoms with Gasteiger partial charge in [0, 0.05) is 30.9 Å². The predicted molar refractivity (Wildman–Crippen MR) is 109 cm³/mol. The van der Waals surface area contributed by atoms with E-state index in [-0.39, 0.29) is 10.8 Å². The molecule has 0 aromatic heterocycles. The van der Waals surface area contributed by atoms with Crippen LogP contribution in [-0.2, 0) is 19.6 Å². The summed E-state index contributed by atoms with van der Waals surface area (Å²) in [5.74, 6) is -0.0654. The molecule has 8 heteroatoms. The molecule has 1 aliphatic heterocycles. The van der Waals surface area contributed by atoms with Gasteiger partial charge in [-0.05, 0) is 51.0 Å². The molecule has 2 aliphatic rings. The Labute approximate surface area is 168 Å². The summed E-state index contributed by atoms with van der Waals surface area (Å²) in [5.41, 5.74) is 0.612. The van der Waals surface area contributed by atoms with Crippen molar-refractivity contribution in [2.24, 2.45) is 0 Å². The largest absolute Gasteiger partial charge is 0.379 e. The van der Waals surface area contributed by atoms with Crippen LogP contribution >= 0.6 is 0 Å². The van der Waals surface area contributed by atoms with Crippen LogP contribution in [0.5, 0.6) is 0 Å². The second kappa shape index (κ2) is 9.35. The van der Waals surface area contributed by atoms with Crippen LogP contribution in [0.3, 0.4) is 0 Å². The normalized spacial score (nSPS) is 19.4. The Kier molecular flexibility index (Phi) is 7.09. The van der Waals surface area contributed by atoms with E-state index in [1.807, 2.05) is 0 Å². The molecule has 1 N–H and O–H groups in total. The van der Waals surface area contributed by atoms with Crippen LogP contribution in [0.15, 0.2) is 29.2 Å². The Morgan fingerprint density at radius 2 is 1.79 bits per heavy atom. The molecule has 1 saturated heterocycles. The summed E-state index contributed by atoms with van der Waals surface area (Å²) in [6, 6.07) is 7.21. The number of benzene rings is 1. The minimum Gasteiger partial charge on any atom is -0.379 e. The van der Waals surface area contributed by atoms with Crippen LogP contribution in [0.25, 0.3) is 0 Å². The Morgan fingerprint density at radius 3 is 2.36 bits per heavy atom. The first-order chi connectivity index (χ1) is 13.4. The summed E-state index contributed by atoms with van der Waals surface area (Å²) in [6.07, 6.45) is 4.77. The quantitative estimate of drug-likeness (QED) is 0.748. The number of carbonyl (C=O) groups is 1. The van der Waals surface area contributed by atoms with E-state index < -0.39 is 10.0 Å². The number of nitrogens with one attached hydrogen (secondary N) is 1. The number of rotatable bonds is 7. The van der Waals surface area contributed by atoms with Gasteiger partial charge in [-0.1, -0.05) is 12.8 Å². The fourth-order valence-electron chi connectivity index (χ4n) is 3.98. The number of amides is 1. The zero-order chi connectivity index (χ0) is 20.1. The first kappa shape index (κ1) is 21.2. The third kappa shape index (κ3) is 5.11. The molecule has 1 aliphatic carbocycles. The molecule has 156 valence electrons. The lowest BCUT2D eigenvalue weighted by Gasteiger charge is -2.31. The number of hydrogen-bond acceptors (Lipinski definition) is 5. The third-order valence-corrected chi connectivity index (χ3v) is 7.44. The molecule has 7 nitrogen and oxygen atoms in total. The standard InChI is InChI=1S/C20H31N3O4S/c1-16(2)23(18-5-3-4-6-18)15-20(24)21-17-7-9-19(10-8-17)28(25,26)22-11-13-27-14-12-22/h7-10,16,18H,3-6,11-15H2,1-2H3,(H,21,24). The molecule has 28 heavy (non-hydrogen) atoms. The summed E-state index contributed by atoms with van der Waals surface area (Å²) in [5, 5.41) is 2.90. The lowest BCUT2D eigenvalue weighted by molar-refractivity contribution is -0.118. The minimum atomic E-state index is -3.52. The Morgan fingerprint density at radius 1 is 1.18 bits per heavy atom. The van der Waals surface area contributed by atoms with Gasteiger partial charge in [0.05, 0.1) is 24.7 Å². The van der Waals surface area contributed by atoms with E-state index in [0.717, 1.165) is 12.8 Å². The van der Waals surface area contributed by atoms with Crippen molar-refractivity contribution in [1.29, 1.82) is 0 Å². The number of hydrogen-bond donors (Lipinski definition) is 1. The summed E-state index contributed by atoms with van der Waals surface area (Å²) >= 11 is 0. The van der Waals surface area contributed by atoms with Crippen molar-refractivity contribution in [3.05, 3.63) is 24.3 Å². The van der Waals surface area contributed by atoms with E-state index in [1.54, 1.807) is 24.3 Å². The molecule has 1 saturated carbocycles. The molecule has 0 unspecified atom stereocenters. The molecule has 0 atom stereocenters. The van der Waals surface area contributed by atoms with Crippen molar-refractivity contribution >= 4 is 21.6 Å². The van der Waals surface area contributed by atoms with Crippen molar-refractivity contribution in [2.45, 2.75) is 56.5 Å². The van der Waals surface area contributed by atoms with Crippen molar-refractivity contribution in [3.63, 3.8) is 0 Å². The smallest absolute Gasteiger partial charge is 0.243 e. The van der Waals surface area contributed by atoms with Gasteiger partial charge in [-0.2, -0.15) is 4.31 Å². The zero-order valence-corrected chi connectivity index (χ0v) is 17.6. The molecule has 3 rings (SSSR count). The van der Waals surface area contributed by atoms with Crippen LogP contribution in [0, 0.1) is 0 Å². The minimum absolute atomic E-state index is 0.0654. The van der Waals surface area contributed by atoms with Crippen molar-refractivity contribution in [1.82, 2.24) is 9.21 Å². The van der Waals surface area contributed by atoms with Gasteiger partial charge in [-0.3, -0.25) is 9.69 Å². The molecule has 2 fully saturated rings. The first-order valence-corrected chi connectivity index (χ1v) is 11.6. The van der Waals surface area contributed by atoms with Gasteiger partial charge in [0.2, 0.25) is 15.9 Å². The van der Waals surface area contributed by atoms with E-state index >= 15 is 0 Å². The maximum atomic E-state index is 12.7. The number of morpholine rings is 1. The monoisotopic (exact) mass is 409 g/mol. The highest BCUT2D eigenvalue weighted by Gasteiger charge is 2.27. The van der Waals surface area contributed by atoms with Crippen molar-refractivity contribution < 1.29 is 17.9 Å². The fraction of sp³-hybridized carbons (Fsp3) is 0.650. The SMILES string of the molecule is CC(C)N(CC(=O)Nc1ccc(S(=O)(=O)N2CCOCC2)cc1)C1CCCC1. The average Bonchev–Trinajstić information content (AvgIpc) is 3.21. The van der Waals surface area contributed by atoms with E-state index in [4.69, 9.17) is 4.74 Å². The predicted octanol–water partition coefficient (Wildman–Crippen LogP) is 2.30. The zero-order valence-electron chi connectivity index (χ0n) is 16.8.